The van der Waals surface area contributed by atoms with Gasteiger partial charge in [-0.2, -0.15) is 13.2 Å². The summed E-state index contributed by atoms with van der Waals surface area (Å²) in [7, 11) is 1.55. The molecule has 0 spiro atoms. The molecule has 0 saturated carbocycles. The summed E-state index contributed by atoms with van der Waals surface area (Å²) in [5.74, 6) is 0.669. The number of benzene rings is 1. The molecule has 0 amide bonds. The van der Waals surface area contributed by atoms with E-state index in [1.54, 1.807) is 25.3 Å². The van der Waals surface area contributed by atoms with E-state index in [-0.39, 0.29) is 24.8 Å². The molecule has 0 unspecified atom stereocenters. The van der Waals surface area contributed by atoms with E-state index in [2.05, 4.69) is 5.32 Å². The number of aryl methyl sites for hydroxylation is 1. The Labute approximate surface area is 147 Å². The SMILES string of the molecule is COc1ccc([C@@H](CC(F)(F)F)N2CCNCC2)c(C)c1.Cl.Cl. The first-order chi connectivity index (χ1) is 9.90. The Hall–Kier alpha value is -0.690. The summed E-state index contributed by atoms with van der Waals surface area (Å²) < 4.78 is 44.0. The van der Waals surface area contributed by atoms with E-state index >= 15 is 0 Å². The van der Waals surface area contributed by atoms with E-state index in [0.29, 0.717) is 18.8 Å². The molecule has 0 aromatic heterocycles. The predicted octanol–water partition coefficient (Wildman–Crippen LogP) is 3.75. The number of piperazine rings is 1. The van der Waals surface area contributed by atoms with Crippen LogP contribution in [0.15, 0.2) is 18.2 Å². The van der Waals surface area contributed by atoms with Gasteiger partial charge in [0.05, 0.1) is 13.5 Å². The zero-order valence-electron chi connectivity index (χ0n) is 13.2. The Balaban J connectivity index is 0.00000242. The van der Waals surface area contributed by atoms with E-state index in [9.17, 15) is 13.2 Å². The van der Waals surface area contributed by atoms with Crippen molar-refractivity contribution >= 4 is 24.8 Å². The fourth-order valence-electron chi connectivity index (χ4n) is 2.80. The molecule has 134 valence electrons. The fraction of sp³-hybridized carbons (Fsp3) is 0.600. The fourth-order valence-corrected chi connectivity index (χ4v) is 2.80. The van der Waals surface area contributed by atoms with Crippen LogP contribution in [0.5, 0.6) is 5.75 Å². The number of nitrogens with zero attached hydrogens (tertiary/aromatic N) is 1. The number of methoxy groups -OCH3 is 1. The minimum atomic E-state index is -4.18. The van der Waals surface area contributed by atoms with E-state index in [1.807, 2.05) is 11.8 Å². The van der Waals surface area contributed by atoms with Gasteiger partial charge < -0.3 is 10.1 Å². The van der Waals surface area contributed by atoms with Crippen LogP contribution in [0.25, 0.3) is 0 Å². The molecule has 1 N–H and O–H groups in total. The molecule has 1 fully saturated rings. The second kappa shape index (κ2) is 9.57. The first-order valence-corrected chi connectivity index (χ1v) is 7.07. The minimum Gasteiger partial charge on any atom is -0.497 e. The van der Waals surface area contributed by atoms with Crippen LogP contribution in [0.2, 0.25) is 0 Å². The van der Waals surface area contributed by atoms with Gasteiger partial charge in [-0.1, -0.05) is 6.07 Å². The zero-order chi connectivity index (χ0) is 15.5. The predicted molar refractivity (Wildman–Crippen MR) is 90.1 cm³/mol. The van der Waals surface area contributed by atoms with E-state index in [4.69, 9.17) is 4.74 Å². The zero-order valence-corrected chi connectivity index (χ0v) is 14.8. The normalized spacial score (nSPS) is 16.9. The van der Waals surface area contributed by atoms with Gasteiger partial charge in [0, 0.05) is 32.2 Å². The minimum absolute atomic E-state index is 0. The second-order valence-electron chi connectivity index (χ2n) is 5.34. The highest BCUT2D eigenvalue weighted by molar-refractivity contribution is 5.85. The molecule has 1 aromatic carbocycles. The van der Waals surface area contributed by atoms with Crippen LogP contribution in [0.1, 0.15) is 23.6 Å². The molecule has 1 heterocycles. The maximum atomic E-state index is 13.0. The third-order valence-corrected chi connectivity index (χ3v) is 3.85. The van der Waals surface area contributed by atoms with Crippen molar-refractivity contribution in [2.75, 3.05) is 33.3 Å². The van der Waals surface area contributed by atoms with Crippen molar-refractivity contribution in [1.29, 1.82) is 0 Å². The highest BCUT2D eigenvalue weighted by atomic mass is 35.5. The summed E-state index contributed by atoms with van der Waals surface area (Å²) in [6.07, 6.45) is -5.00. The highest BCUT2D eigenvalue weighted by Crippen LogP contribution is 2.36. The van der Waals surface area contributed by atoms with Crippen molar-refractivity contribution < 1.29 is 17.9 Å². The molecule has 1 aliphatic rings. The van der Waals surface area contributed by atoms with Crippen LogP contribution in [-0.4, -0.2) is 44.4 Å². The Morgan fingerprint density at radius 3 is 2.30 bits per heavy atom. The van der Waals surface area contributed by atoms with Crippen LogP contribution in [-0.2, 0) is 0 Å². The third-order valence-electron chi connectivity index (χ3n) is 3.85. The number of hydrogen-bond donors (Lipinski definition) is 1. The van der Waals surface area contributed by atoms with Crippen molar-refractivity contribution in [3.05, 3.63) is 29.3 Å². The van der Waals surface area contributed by atoms with Crippen LogP contribution >= 0.6 is 24.8 Å². The van der Waals surface area contributed by atoms with Gasteiger partial charge in [-0.05, 0) is 30.2 Å². The number of hydrogen-bond acceptors (Lipinski definition) is 3. The van der Waals surface area contributed by atoms with Gasteiger partial charge in [-0.25, -0.2) is 0 Å². The Morgan fingerprint density at radius 1 is 1.22 bits per heavy atom. The first-order valence-electron chi connectivity index (χ1n) is 7.07. The number of halogens is 5. The lowest BCUT2D eigenvalue weighted by molar-refractivity contribution is -0.148. The standard InChI is InChI=1S/C15H21F3N2O.2ClH/c1-11-9-12(21-2)3-4-13(11)14(10-15(16,17)18)20-7-5-19-6-8-20;;/h3-4,9,14,19H,5-8,10H2,1-2H3;2*1H/t14-;;/m1../s1. The molecule has 1 aromatic rings. The van der Waals surface area contributed by atoms with Gasteiger partial charge in [0.15, 0.2) is 0 Å². The van der Waals surface area contributed by atoms with Gasteiger partial charge in [-0.15, -0.1) is 24.8 Å². The average Bonchev–Trinajstić information content (AvgIpc) is 2.45. The van der Waals surface area contributed by atoms with Gasteiger partial charge in [-0.3, -0.25) is 4.90 Å². The van der Waals surface area contributed by atoms with Crippen LogP contribution in [0, 0.1) is 6.92 Å². The van der Waals surface area contributed by atoms with Crippen LogP contribution < -0.4 is 10.1 Å². The smallest absolute Gasteiger partial charge is 0.390 e. The van der Waals surface area contributed by atoms with Crippen LogP contribution in [0.4, 0.5) is 13.2 Å². The molecule has 3 nitrogen and oxygen atoms in total. The molecular weight excluding hydrogens is 352 g/mol. The summed E-state index contributed by atoms with van der Waals surface area (Å²) in [6, 6.07) is 4.65. The Kier molecular flexibility index (Phi) is 9.28. The van der Waals surface area contributed by atoms with E-state index in [0.717, 1.165) is 24.2 Å². The Bertz CT molecular complexity index is 480. The molecular formula is C15H23Cl2F3N2O. The summed E-state index contributed by atoms with van der Waals surface area (Å²) >= 11 is 0. The molecule has 1 atom stereocenters. The average molecular weight is 375 g/mol. The number of nitrogens with one attached hydrogen (secondary N) is 1. The molecule has 1 aliphatic heterocycles. The van der Waals surface area contributed by atoms with Gasteiger partial charge in [0.2, 0.25) is 0 Å². The molecule has 23 heavy (non-hydrogen) atoms. The number of ether oxygens (including phenoxy) is 1. The van der Waals surface area contributed by atoms with Gasteiger partial charge in [0.25, 0.3) is 0 Å². The summed E-state index contributed by atoms with van der Waals surface area (Å²) in [4.78, 5) is 1.92. The quantitative estimate of drug-likeness (QED) is 0.868. The molecule has 0 bridgehead atoms. The Morgan fingerprint density at radius 2 is 1.83 bits per heavy atom. The largest absolute Gasteiger partial charge is 0.497 e. The molecule has 2 rings (SSSR count). The maximum absolute atomic E-state index is 13.0. The van der Waals surface area contributed by atoms with Crippen molar-refractivity contribution in [2.45, 2.75) is 25.6 Å². The second-order valence-corrected chi connectivity index (χ2v) is 5.34. The van der Waals surface area contributed by atoms with Gasteiger partial charge in [0.1, 0.15) is 5.75 Å². The lowest BCUT2D eigenvalue weighted by atomic mass is 9.96. The molecule has 8 heteroatoms. The lowest BCUT2D eigenvalue weighted by Gasteiger charge is -2.36. The molecule has 0 radical (unpaired) electrons. The van der Waals surface area contributed by atoms with E-state index in [1.165, 1.54) is 0 Å². The topological polar surface area (TPSA) is 24.5 Å². The van der Waals surface area contributed by atoms with Crippen molar-refractivity contribution in [3.8, 4) is 5.75 Å². The third kappa shape index (κ3) is 6.37. The number of alkyl halides is 3. The molecule has 0 aliphatic carbocycles. The van der Waals surface area contributed by atoms with Gasteiger partial charge >= 0.3 is 6.18 Å². The van der Waals surface area contributed by atoms with Crippen molar-refractivity contribution in [2.24, 2.45) is 0 Å². The van der Waals surface area contributed by atoms with Crippen molar-refractivity contribution in [1.82, 2.24) is 10.2 Å². The number of rotatable bonds is 4. The lowest BCUT2D eigenvalue weighted by Crippen LogP contribution is -2.46. The molecule has 1 saturated heterocycles. The highest BCUT2D eigenvalue weighted by Gasteiger charge is 2.36. The monoisotopic (exact) mass is 374 g/mol. The van der Waals surface area contributed by atoms with E-state index < -0.39 is 18.6 Å². The van der Waals surface area contributed by atoms with Crippen LogP contribution in [0.3, 0.4) is 0 Å². The van der Waals surface area contributed by atoms with Crippen molar-refractivity contribution in [3.63, 3.8) is 0 Å². The summed E-state index contributed by atoms with van der Waals surface area (Å²) in [5.41, 5.74) is 1.57. The summed E-state index contributed by atoms with van der Waals surface area (Å²) in [6.45, 7) is 4.55. The maximum Gasteiger partial charge on any atom is 0.390 e. The summed E-state index contributed by atoms with van der Waals surface area (Å²) in [5, 5.41) is 3.17. The first kappa shape index (κ1) is 22.3.